The molecule has 1 atom stereocenters. The largest absolute Gasteiger partial charge is 0.349 e. The summed E-state index contributed by atoms with van der Waals surface area (Å²) < 4.78 is 13.3. The van der Waals surface area contributed by atoms with Crippen LogP contribution in [0.4, 0.5) is 4.39 Å². The van der Waals surface area contributed by atoms with Gasteiger partial charge in [0.2, 0.25) is 0 Å². The molecule has 0 saturated carbocycles. The summed E-state index contributed by atoms with van der Waals surface area (Å²) in [5.41, 5.74) is 2.72. The lowest BCUT2D eigenvalue weighted by molar-refractivity contribution is 0.0933. The highest BCUT2D eigenvalue weighted by Crippen LogP contribution is 2.25. The molecule has 1 aromatic carbocycles. The van der Waals surface area contributed by atoms with Crippen molar-refractivity contribution in [1.82, 2.24) is 25.4 Å². The molecule has 4 rings (SSSR count). The molecule has 0 spiro atoms. The summed E-state index contributed by atoms with van der Waals surface area (Å²) in [6.07, 6.45) is 3.96. The Morgan fingerprint density at radius 1 is 1.14 bits per heavy atom. The summed E-state index contributed by atoms with van der Waals surface area (Å²) in [5.74, 6) is -0.478. The predicted octanol–water partition coefficient (Wildman–Crippen LogP) is 3.18. The van der Waals surface area contributed by atoms with Crippen molar-refractivity contribution < 1.29 is 9.18 Å². The number of benzene rings is 1. The van der Waals surface area contributed by atoms with E-state index in [4.69, 9.17) is 0 Å². The van der Waals surface area contributed by atoms with Crippen molar-refractivity contribution in [1.29, 1.82) is 0 Å². The fourth-order valence-corrected chi connectivity index (χ4v) is 3.56. The summed E-state index contributed by atoms with van der Waals surface area (Å²) in [6.45, 7) is 2.40. The lowest BCUT2D eigenvalue weighted by Gasteiger charge is -2.28. The van der Waals surface area contributed by atoms with Gasteiger partial charge in [-0.1, -0.05) is 18.2 Å². The number of H-pyrrole nitrogens is 1. The summed E-state index contributed by atoms with van der Waals surface area (Å²) >= 11 is 0. The zero-order valence-electron chi connectivity index (χ0n) is 15.4. The first-order chi connectivity index (χ1) is 13.7. The maximum Gasteiger partial charge on any atom is 0.269 e. The van der Waals surface area contributed by atoms with Crippen LogP contribution in [0, 0.1) is 5.82 Å². The third-order valence-electron chi connectivity index (χ3n) is 5.04. The van der Waals surface area contributed by atoms with Gasteiger partial charge in [0.25, 0.3) is 5.91 Å². The van der Waals surface area contributed by atoms with E-state index in [0.29, 0.717) is 23.6 Å². The maximum atomic E-state index is 13.3. The fourth-order valence-electron chi connectivity index (χ4n) is 3.56. The Morgan fingerprint density at radius 3 is 2.64 bits per heavy atom. The number of hydrogen-bond acceptors (Lipinski definition) is 4. The number of aromatic nitrogens is 3. The van der Waals surface area contributed by atoms with Gasteiger partial charge >= 0.3 is 0 Å². The predicted molar refractivity (Wildman–Crippen MR) is 104 cm³/mol. The third-order valence-corrected chi connectivity index (χ3v) is 5.04. The lowest BCUT2D eigenvalue weighted by atomic mass is 10.1. The summed E-state index contributed by atoms with van der Waals surface area (Å²) in [6, 6.07) is 13.8. The van der Waals surface area contributed by atoms with Crippen LogP contribution in [-0.4, -0.2) is 45.6 Å². The van der Waals surface area contributed by atoms with Gasteiger partial charge in [0.05, 0.1) is 11.7 Å². The second kappa shape index (κ2) is 8.31. The number of aromatic amines is 1. The van der Waals surface area contributed by atoms with E-state index in [0.717, 1.165) is 31.5 Å². The van der Waals surface area contributed by atoms with E-state index >= 15 is 0 Å². The maximum absolute atomic E-state index is 13.3. The van der Waals surface area contributed by atoms with Crippen molar-refractivity contribution in [3.8, 4) is 11.4 Å². The molecule has 6 nitrogen and oxygen atoms in total. The van der Waals surface area contributed by atoms with Crippen molar-refractivity contribution >= 4 is 5.91 Å². The monoisotopic (exact) mass is 379 g/mol. The number of carbonyl (C=O) groups excluding carboxylic acids is 1. The van der Waals surface area contributed by atoms with Crippen molar-refractivity contribution in [2.24, 2.45) is 0 Å². The highest BCUT2D eigenvalue weighted by Gasteiger charge is 2.24. The molecular formula is C21H22FN5O. The molecule has 3 aromatic rings. The fraction of sp³-hybridized carbons (Fsp3) is 0.286. The van der Waals surface area contributed by atoms with Gasteiger partial charge in [-0.3, -0.25) is 19.8 Å². The number of nitrogens with one attached hydrogen (secondary N) is 2. The number of pyridine rings is 1. The van der Waals surface area contributed by atoms with Crippen LogP contribution >= 0.6 is 0 Å². The minimum absolute atomic E-state index is 0.0187. The molecule has 1 amide bonds. The van der Waals surface area contributed by atoms with E-state index in [1.807, 2.05) is 18.2 Å². The van der Waals surface area contributed by atoms with Crippen LogP contribution < -0.4 is 5.32 Å². The van der Waals surface area contributed by atoms with Gasteiger partial charge in [-0.25, -0.2) is 4.39 Å². The first-order valence-electron chi connectivity index (χ1n) is 9.45. The molecule has 2 N–H and O–H groups in total. The molecule has 1 saturated heterocycles. The zero-order valence-corrected chi connectivity index (χ0v) is 15.4. The van der Waals surface area contributed by atoms with Crippen LogP contribution in [0.25, 0.3) is 11.4 Å². The number of nitrogens with zero attached hydrogens (tertiary/aromatic N) is 3. The Bertz CT molecular complexity index is 919. The van der Waals surface area contributed by atoms with Gasteiger partial charge in [-0.2, -0.15) is 5.10 Å². The average Bonchev–Trinajstić information content (AvgIpc) is 3.42. The molecule has 2 aromatic heterocycles. The zero-order chi connectivity index (χ0) is 19.3. The number of rotatable bonds is 6. The van der Waals surface area contributed by atoms with Gasteiger partial charge in [-0.15, -0.1) is 0 Å². The van der Waals surface area contributed by atoms with Crippen LogP contribution in [0.1, 0.15) is 34.9 Å². The van der Waals surface area contributed by atoms with E-state index in [1.54, 1.807) is 24.4 Å². The molecule has 0 unspecified atom stereocenters. The van der Waals surface area contributed by atoms with E-state index in [2.05, 4.69) is 25.4 Å². The van der Waals surface area contributed by atoms with Gasteiger partial charge < -0.3 is 5.32 Å². The Kier molecular flexibility index (Phi) is 5.43. The lowest BCUT2D eigenvalue weighted by Crippen LogP contribution is -2.37. The van der Waals surface area contributed by atoms with Gasteiger partial charge in [0.15, 0.2) is 0 Å². The first kappa shape index (κ1) is 18.3. The van der Waals surface area contributed by atoms with E-state index in [9.17, 15) is 9.18 Å². The number of hydrogen-bond donors (Lipinski definition) is 2. The second-order valence-electron chi connectivity index (χ2n) is 6.90. The van der Waals surface area contributed by atoms with E-state index < -0.39 is 0 Å². The van der Waals surface area contributed by atoms with Gasteiger partial charge in [0, 0.05) is 12.7 Å². The molecule has 0 aliphatic carbocycles. The van der Waals surface area contributed by atoms with Crippen LogP contribution in [0.15, 0.2) is 54.7 Å². The standard InChI is InChI=1S/C21H22FN5O/c22-16-8-6-15(7-9-16)20(27-11-3-4-12-27)14-24-21(28)19-13-18(25-26-19)17-5-1-2-10-23-17/h1-2,5-10,13,20H,3-4,11-12,14H2,(H,24,28)(H,25,26)/t20-/m1/s1. The topological polar surface area (TPSA) is 73.9 Å². The smallest absolute Gasteiger partial charge is 0.269 e. The van der Waals surface area contributed by atoms with E-state index in [1.165, 1.54) is 12.1 Å². The summed E-state index contributed by atoms with van der Waals surface area (Å²) in [5, 5.41) is 9.95. The quantitative estimate of drug-likeness (QED) is 0.690. The highest BCUT2D eigenvalue weighted by molar-refractivity contribution is 5.93. The van der Waals surface area contributed by atoms with Crippen LogP contribution in [0.5, 0.6) is 0 Å². The molecule has 7 heteroatoms. The number of likely N-dealkylation sites (tertiary alicyclic amines) is 1. The molecule has 3 heterocycles. The van der Waals surface area contributed by atoms with Crippen LogP contribution in [0.2, 0.25) is 0 Å². The SMILES string of the molecule is O=C(NC[C@H](c1ccc(F)cc1)N1CCCC1)c1cc(-c2ccccn2)n[nH]1. The molecule has 0 bridgehead atoms. The minimum atomic E-state index is -0.257. The Hall–Kier alpha value is -3.06. The average molecular weight is 379 g/mol. The number of halogens is 1. The second-order valence-corrected chi connectivity index (χ2v) is 6.90. The minimum Gasteiger partial charge on any atom is -0.349 e. The van der Waals surface area contributed by atoms with Gasteiger partial charge in [-0.05, 0) is 61.8 Å². The van der Waals surface area contributed by atoms with Crippen LogP contribution in [0.3, 0.4) is 0 Å². The first-order valence-corrected chi connectivity index (χ1v) is 9.45. The molecule has 0 radical (unpaired) electrons. The van der Waals surface area contributed by atoms with Crippen LogP contribution in [-0.2, 0) is 0 Å². The Labute approximate surface area is 162 Å². The molecular weight excluding hydrogens is 357 g/mol. The van der Waals surface area contributed by atoms with E-state index in [-0.39, 0.29) is 17.8 Å². The van der Waals surface area contributed by atoms with Crippen molar-refractivity contribution in [2.45, 2.75) is 18.9 Å². The molecule has 28 heavy (non-hydrogen) atoms. The number of amides is 1. The van der Waals surface area contributed by atoms with Crippen molar-refractivity contribution in [3.05, 3.63) is 71.8 Å². The Balaban J connectivity index is 1.45. The molecule has 1 aliphatic rings. The molecule has 1 aliphatic heterocycles. The van der Waals surface area contributed by atoms with Crippen molar-refractivity contribution in [3.63, 3.8) is 0 Å². The molecule has 144 valence electrons. The number of carbonyl (C=O) groups is 1. The Morgan fingerprint density at radius 2 is 1.93 bits per heavy atom. The summed E-state index contributed by atoms with van der Waals surface area (Å²) in [4.78, 5) is 19.2. The van der Waals surface area contributed by atoms with Gasteiger partial charge in [0.1, 0.15) is 17.2 Å². The molecule has 1 fully saturated rings. The van der Waals surface area contributed by atoms with Crippen molar-refractivity contribution in [2.75, 3.05) is 19.6 Å². The normalized spacial score (nSPS) is 15.5. The third kappa shape index (κ3) is 4.09. The summed E-state index contributed by atoms with van der Waals surface area (Å²) in [7, 11) is 0. The highest BCUT2D eigenvalue weighted by atomic mass is 19.1.